The molecular weight excluding hydrogens is 520 g/mol. The number of aliphatic hydroxyl groups excluding tert-OH is 4. The molecule has 228 valence electrons. The van der Waals surface area contributed by atoms with Gasteiger partial charge in [0.15, 0.2) is 11.5 Å². The number of carbonyl (C=O) groups excluding carboxylic acids is 2. The molecule has 0 aromatic rings. The van der Waals surface area contributed by atoms with Crippen molar-refractivity contribution >= 4 is 11.9 Å². The molecule has 0 rings (SSSR count). The van der Waals surface area contributed by atoms with E-state index in [1.165, 1.54) is 45.1 Å². The minimum absolute atomic E-state index is 0.00612. The van der Waals surface area contributed by atoms with Crippen LogP contribution in [-0.2, 0) is 28.5 Å². The number of hydrogen-bond donors (Lipinski definition) is 6. The number of aliphatic hydroxyl groups is 6. The standard InChI is InChI=1S/C25H46N2O12/c1-5-21(30)23(32)38-13-7-10-26(15-19(28)17-36-3)12-9-25(34,35)27(16-20(29)18-37-4)11-8-14-39-24(33)22(31)6-2/h5-6,19-20,28-31,34-35H,7-18H2,1-4H3. The predicted octanol–water partition coefficient (Wildman–Crippen LogP) is -0.576. The highest BCUT2D eigenvalue weighted by molar-refractivity contribution is 5.85. The zero-order valence-electron chi connectivity index (χ0n) is 23.3. The lowest BCUT2D eigenvalue weighted by atomic mass is 10.2. The molecule has 14 nitrogen and oxygen atoms in total. The fourth-order valence-corrected chi connectivity index (χ4v) is 3.48. The molecule has 0 aliphatic rings. The molecule has 0 spiro atoms. The Labute approximate surface area is 229 Å². The van der Waals surface area contributed by atoms with Crippen molar-refractivity contribution in [3.8, 4) is 0 Å². The van der Waals surface area contributed by atoms with E-state index in [1.54, 1.807) is 4.90 Å². The van der Waals surface area contributed by atoms with E-state index >= 15 is 0 Å². The minimum Gasteiger partial charge on any atom is -0.502 e. The van der Waals surface area contributed by atoms with Crippen LogP contribution in [0.25, 0.3) is 0 Å². The monoisotopic (exact) mass is 566 g/mol. The first-order chi connectivity index (χ1) is 18.4. The SMILES string of the molecule is CC=C(O)C(=O)OCCCN(CCC(O)(O)N(CCCOC(=O)C(O)=CC)CC(O)COC)CC(O)COC. The highest BCUT2D eigenvalue weighted by Crippen LogP contribution is 2.17. The summed E-state index contributed by atoms with van der Waals surface area (Å²) in [6.07, 6.45) is 0.797. The van der Waals surface area contributed by atoms with Gasteiger partial charge in [-0.15, -0.1) is 0 Å². The largest absolute Gasteiger partial charge is 0.502 e. The summed E-state index contributed by atoms with van der Waals surface area (Å²) < 4.78 is 19.8. The maximum absolute atomic E-state index is 11.6. The average molecular weight is 567 g/mol. The molecule has 14 heteroatoms. The Kier molecular flexibility index (Phi) is 19.4. The van der Waals surface area contributed by atoms with Crippen LogP contribution in [0, 0.1) is 0 Å². The Balaban J connectivity index is 5.22. The summed E-state index contributed by atoms with van der Waals surface area (Å²) >= 11 is 0. The first-order valence-electron chi connectivity index (χ1n) is 12.7. The number of carbonyl (C=O) groups is 2. The zero-order valence-corrected chi connectivity index (χ0v) is 23.3. The van der Waals surface area contributed by atoms with Gasteiger partial charge in [-0.2, -0.15) is 0 Å². The van der Waals surface area contributed by atoms with Crippen molar-refractivity contribution in [1.29, 1.82) is 0 Å². The van der Waals surface area contributed by atoms with E-state index < -0.39 is 41.6 Å². The first-order valence-corrected chi connectivity index (χ1v) is 12.7. The van der Waals surface area contributed by atoms with Crippen LogP contribution in [0.2, 0.25) is 0 Å². The maximum atomic E-state index is 11.6. The third-order valence-electron chi connectivity index (χ3n) is 5.51. The van der Waals surface area contributed by atoms with Crippen LogP contribution in [0.3, 0.4) is 0 Å². The number of esters is 2. The molecule has 2 atom stereocenters. The van der Waals surface area contributed by atoms with E-state index in [0.717, 1.165) is 0 Å². The molecule has 0 aliphatic heterocycles. The second-order valence-electron chi connectivity index (χ2n) is 8.82. The lowest BCUT2D eigenvalue weighted by Crippen LogP contribution is -2.54. The van der Waals surface area contributed by atoms with E-state index in [0.29, 0.717) is 13.0 Å². The Morgan fingerprint density at radius 2 is 1.26 bits per heavy atom. The lowest BCUT2D eigenvalue weighted by molar-refractivity contribution is -0.275. The van der Waals surface area contributed by atoms with Gasteiger partial charge in [-0.1, -0.05) is 0 Å². The zero-order chi connectivity index (χ0) is 29.8. The maximum Gasteiger partial charge on any atom is 0.373 e. The number of ether oxygens (including phenoxy) is 4. The number of rotatable bonds is 22. The van der Waals surface area contributed by atoms with Crippen molar-refractivity contribution in [2.24, 2.45) is 0 Å². The van der Waals surface area contributed by atoms with Gasteiger partial charge in [-0.25, -0.2) is 14.5 Å². The lowest BCUT2D eigenvalue weighted by Gasteiger charge is -2.38. The molecular formula is C25H46N2O12. The second kappa shape index (κ2) is 20.6. The van der Waals surface area contributed by atoms with Crippen LogP contribution in [0.4, 0.5) is 0 Å². The predicted molar refractivity (Wildman–Crippen MR) is 139 cm³/mol. The van der Waals surface area contributed by atoms with E-state index in [1.807, 2.05) is 0 Å². The Hall–Kier alpha value is -2.30. The fourth-order valence-electron chi connectivity index (χ4n) is 3.48. The number of allylic oxidation sites excluding steroid dienone is 2. The Morgan fingerprint density at radius 1 is 0.795 bits per heavy atom. The van der Waals surface area contributed by atoms with Crippen LogP contribution in [0.1, 0.15) is 33.1 Å². The van der Waals surface area contributed by atoms with Gasteiger partial charge in [0.1, 0.15) is 0 Å². The molecule has 0 fully saturated rings. The molecule has 6 N–H and O–H groups in total. The first kappa shape index (κ1) is 36.7. The van der Waals surface area contributed by atoms with Gasteiger partial charge in [-0.3, -0.25) is 0 Å². The van der Waals surface area contributed by atoms with Crippen LogP contribution < -0.4 is 0 Å². The molecule has 0 saturated heterocycles. The van der Waals surface area contributed by atoms with E-state index in [2.05, 4.69) is 0 Å². The van der Waals surface area contributed by atoms with Crippen molar-refractivity contribution in [3.05, 3.63) is 23.7 Å². The van der Waals surface area contributed by atoms with Gasteiger partial charge in [0.25, 0.3) is 0 Å². The molecule has 0 aromatic heterocycles. The molecule has 0 aromatic carbocycles. The average Bonchev–Trinajstić information content (AvgIpc) is 2.90. The molecule has 2 unspecified atom stereocenters. The topological polar surface area (TPSA) is 199 Å². The quantitative estimate of drug-likeness (QED) is 0.0320. The van der Waals surface area contributed by atoms with Gasteiger partial charge < -0.3 is 54.5 Å². The van der Waals surface area contributed by atoms with Gasteiger partial charge in [0, 0.05) is 53.4 Å². The van der Waals surface area contributed by atoms with Crippen molar-refractivity contribution in [2.45, 2.75) is 51.2 Å². The van der Waals surface area contributed by atoms with E-state index in [-0.39, 0.29) is 65.4 Å². The molecule has 0 bridgehead atoms. The number of methoxy groups -OCH3 is 2. The highest BCUT2D eigenvalue weighted by Gasteiger charge is 2.33. The van der Waals surface area contributed by atoms with Crippen LogP contribution in [0.15, 0.2) is 23.7 Å². The molecule has 0 aliphatic carbocycles. The van der Waals surface area contributed by atoms with Crippen molar-refractivity contribution in [2.75, 3.05) is 73.4 Å². The fraction of sp³-hybridized carbons (Fsp3) is 0.760. The third-order valence-corrected chi connectivity index (χ3v) is 5.51. The van der Waals surface area contributed by atoms with Crippen LogP contribution >= 0.6 is 0 Å². The van der Waals surface area contributed by atoms with Crippen molar-refractivity contribution < 1.29 is 59.2 Å². The number of nitrogens with zero attached hydrogens (tertiary/aromatic N) is 2. The minimum atomic E-state index is -2.39. The van der Waals surface area contributed by atoms with Crippen molar-refractivity contribution in [1.82, 2.24) is 9.80 Å². The summed E-state index contributed by atoms with van der Waals surface area (Å²) in [7, 11) is 2.83. The van der Waals surface area contributed by atoms with Gasteiger partial charge >= 0.3 is 11.9 Å². The van der Waals surface area contributed by atoms with Crippen LogP contribution in [-0.4, -0.2) is 144 Å². The number of hydrogen-bond acceptors (Lipinski definition) is 14. The van der Waals surface area contributed by atoms with Crippen LogP contribution in [0.5, 0.6) is 0 Å². The molecule has 0 heterocycles. The summed E-state index contributed by atoms with van der Waals surface area (Å²) in [5.41, 5.74) is 0. The van der Waals surface area contributed by atoms with Gasteiger partial charge in [0.05, 0.1) is 38.6 Å². The van der Waals surface area contributed by atoms with Gasteiger partial charge in [-0.05, 0) is 38.8 Å². The molecule has 39 heavy (non-hydrogen) atoms. The van der Waals surface area contributed by atoms with E-state index in [4.69, 9.17) is 18.9 Å². The summed E-state index contributed by atoms with van der Waals surface area (Å²) in [5.74, 6) is -5.19. The van der Waals surface area contributed by atoms with Gasteiger partial charge in [0.2, 0.25) is 5.91 Å². The Morgan fingerprint density at radius 3 is 1.72 bits per heavy atom. The third kappa shape index (κ3) is 16.4. The van der Waals surface area contributed by atoms with Crippen molar-refractivity contribution in [3.63, 3.8) is 0 Å². The summed E-state index contributed by atoms with van der Waals surface area (Å²) in [6.45, 7) is 3.27. The summed E-state index contributed by atoms with van der Waals surface area (Å²) in [4.78, 5) is 26.1. The smallest absolute Gasteiger partial charge is 0.373 e. The molecule has 0 saturated carbocycles. The highest BCUT2D eigenvalue weighted by atomic mass is 16.6. The normalized spacial score (nSPS) is 14.5. The molecule has 0 amide bonds. The second-order valence-corrected chi connectivity index (χ2v) is 8.82. The summed E-state index contributed by atoms with van der Waals surface area (Å²) in [6, 6.07) is 0. The summed E-state index contributed by atoms with van der Waals surface area (Å²) in [5, 5.41) is 61.0. The van der Waals surface area contributed by atoms with E-state index in [9.17, 15) is 40.2 Å². The Bertz CT molecular complexity index is 759. The molecule has 0 radical (unpaired) electrons.